The standard InChI is InChI=1S/C10H12NO/c1-3-7-11-8-5-4-6-10(11)9(2)12/h3-6,8H,1,7H2,2H3/q+1. The molecule has 0 aliphatic carbocycles. The van der Waals surface area contributed by atoms with Crippen molar-refractivity contribution >= 4 is 5.78 Å². The van der Waals surface area contributed by atoms with Crippen LogP contribution in [0, 0.1) is 0 Å². The Labute approximate surface area is 72.2 Å². The van der Waals surface area contributed by atoms with E-state index < -0.39 is 0 Å². The van der Waals surface area contributed by atoms with Gasteiger partial charge in [0.2, 0.25) is 11.5 Å². The van der Waals surface area contributed by atoms with Crippen LogP contribution in [-0.4, -0.2) is 5.78 Å². The van der Waals surface area contributed by atoms with Crippen LogP contribution in [0.4, 0.5) is 0 Å². The zero-order valence-corrected chi connectivity index (χ0v) is 7.16. The van der Waals surface area contributed by atoms with E-state index in [2.05, 4.69) is 6.58 Å². The van der Waals surface area contributed by atoms with Crippen molar-refractivity contribution in [1.82, 2.24) is 0 Å². The molecule has 0 unspecified atom stereocenters. The Balaban J connectivity index is 3.07. The lowest BCUT2D eigenvalue weighted by Gasteiger charge is -1.96. The van der Waals surface area contributed by atoms with Crippen LogP contribution < -0.4 is 4.57 Å². The van der Waals surface area contributed by atoms with E-state index in [4.69, 9.17) is 0 Å². The molecule has 0 aromatic carbocycles. The summed E-state index contributed by atoms with van der Waals surface area (Å²) in [6, 6.07) is 5.57. The van der Waals surface area contributed by atoms with Gasteiger partial charge in [-0.05, 0) is 12.1 Å². The topological polar surface area (TPSA) is 20.9 Å². The minimum absolute atomic E-state index is 0.0810. The molecule has 0 spiro atoms. The molecule has 0 saturated carbocycles. The third-order valence-corrected chi connectivity index (χ3v) is 1.63. The maximum Gasteiger partial charge on any atom is 0.248 e. The van der Waals surface area contributed by atoms with Gasteiger partial charge in [-0.1, -0.05) is 6.58 Å². The van der Waals surface area contributed by atoms with Gasteiger partial charge < -0.3 is 0 Å². The fraction of sp³-hybridized carbons (Fsp3) is 0.200. The SMILES string of the molecule is C=CC[n+]1ccccc1C(C)=O. The summed E-state index contributed by atoms with van der Waals surface area (Å²) in [7, 11) is 0. The maximum absolute atomic E-state index is 11.1. The van der Waals surface area contributed by atoms with Crippen LogP contribution in [0.5, 0.6) is 0 Å². The highest BCUT2D eigenvalue weighted by Crippen LogP contribution is 1.92. The van der Waals surface area contributed by atoms with E-state index in [9.17, 15) is 4.79 Å². The van der Waals surface area contributed by atoms with Crippen LogP contribution in [-0.2, 0) is 6.54 Å². The average Bonchev–Trinajstić information content (AvgIpc) is 2.05. The Bertz CT molecular complexity index is 304. The number of Topliss-reactive ketones (excluding diaryl/α,β-unsaturated/α-hetero) is 1. The highest BCUT2D eigenvalue weighted by molar-refractivity contribution is 5.90. The number of rotatable bonds is 3. The summed E-state index contributed by atoms with van der Waals surface area (Å²) >= 11 is 0. The van der Waals surface area contributed by atoms with E-state index in [-0.39, 0.29) is 5.78 Å². The quantitative estimate of drug-likeness (QED) is 0.373. The van der Waals surface area contributed by atoms with E-state index >= 15 is 0 Å². The lowest BCUT2D eigenvalue weighted by Crippen LogP contribution is -2.38. The molecule has 0 fully saturated rings. The van der Waals surface area contributed by atoms with Gasteiger partial charge in [-0.25, -0.2) is 0 Å². The molecule has 1 aromatic heterocycles. The van der Waals surface area contributed by atoms with Crippen molar-refractivity contribution in [1.29, 1.82) is 0 Å². The Morgan fingerprint density at radius 1 is 1.67 bits per heavy atom. The molecule has 0 aliphatic heterocycles. The highest BCUT2D eigenvalue weighted by Gasteiger charge is 2.11. The van der Waals surface area contributed by atoms with Gasteiger partial charge in [-0.15, -0.1) is 0 Å². The predicted octanol–water partition coefficient (Wildman–Crippen LogP) is 1.36. The van der Waals surface area contributed by atoms with Crippen molar-refractivity contribution < 1.29 is 9.36 Å². The number of carbonyl (C=O) groups excluding carboxylic acids is 1. The van der Waals surface area contributed by atoms with Gasteiger partial charge in [-0.3, -0.25) is 4.79 Å². The van der Waals surface area contributed by atoms with Crippen molar-refractivity contribution in [3.63, 3.8) is 0 Å². The second-order valence-corrected chi connectivity index (χ2v) is 2.58. The molecule has 0 radical (unpaired) electrons. The average molecular weight is 162 g/mol. The summed E-state index contributed by atoms with van der Waals surface area (Å²) < 4.78 is 1.87. The van der Waals surface area contributed by atoms with Crippen LogP contribution in [0.25, 0.3) is 0 Å². The Kier molecular flexibility index (Phi) is 2.75. The first-order valence-electron chi connectivity index (χ1n) is 3.86. The van der Waals surface area contributed by atoms with E-state index in [0.717, 1.165) is 5.69 Å². The molecule has 0 bridgehead atoms. The third-order valence-electron chi connectivity index (χ3n) is 1.63. The predicted molar refractivity (Wildman–Crippen MR) is 46.8 cm³/mol. The third kappa shape index (κ3) is 1.78. The van der Waals surface area contributed by atoms with Crippen LogP contribution >= 0.6 is 0 Å². The first-order valence-corrected chi connectivity index (χ1v) is 3.86. The molecule has 1 aromatic rings. The number of ketones is 1. The van der Waals surface area contributed by atoms with Crippen molar-refractivity contribution in [3.05, 3.63) is 42.7 Å². The van der Waals surface area contributed by atoms with Gasteiger partial charge in [0.25, 0.3) is 0 Å². The van der Waals surface area contributed by atoms with Crippen molar-refractivity contribution in [3.8, 4) is 0 Å². The summed E-state index contributed by atoms with van der Waals surface area (Å²) in [6.07, 6.45) is 3.64. The molecule has 1 rings (SSSR count). The minimum Gasteiger partial charge on any atom is -0.288 e. The van der Waals surface area contributed by atoms with Gasteiger partial charge in [0.05, 0.1) is 0 Å². The highest BCUT2D eigenvalue weighted by atomic mass is 16.1. The molecule has 2 heteroatoms. The summed E-state index contributed by atoms with van der Waals surface area (Å²) in [6.45, 7) is 5.87. The molecule has 12 heavy (non-hydrogen) atoms. The van der Waals surface area contributed by atoms with Crippen LogP contribution in [0.3, 0.4) is 0 Å². The molecule has 62 valence electrons. The number of allylic oxidation sites excluding steroid dienone is 1. The molecule has 0 N–H and O–H groups in total. The largest absolute Gasteiger partial charge is 0.288 e. The molecule has 2 nitrogen and oxygen atoms in total. The first kappa shape index (κ1) is 8.65. The number of hydrogen-bond donors (Lipinski definition) is 0. The van der Waals surface area contributed by atoms with Crippen LogP contribution in [0.2, 0.25) is 0 Å². The lowest BCUT2D eigenvalue weighted by molar-refractivity contribution is -0.688. The van der Waals surface area contributed by atoms with E-state index in [0.29, 0.717) is 6.54 Å². The normalized spacial score (nSPS) is 9.42. The van der Waals surface area contributed by atoms with E-state index in [1.807, 2.05) is 29.0 Å². The molecule has 0 atom stereocenters. The summed E-state index contributed by atoms with van der Waals surface area (Å²) in [4.78, 5) is 11.1. The first-order chi connectivity index (χ1) is 5.75. The Hall–Kier alpha value is -1.44. The van der Waals surface area contributed by atoms with Crippen molar-refractivity contribution in [2.45, 2.75) is 13.5 Å². The molecule has 0 aliphatic rings. The van der Waals surface area contributed by atoms with Gasteiger partial charge in [0, 0.05) is 19.1 Å². The number of nitrogens with zero attached hydrogens (tertiary/aromatic N) is 1. The van der Waals surface area contributed by atoms with Crippen LogP contribution in [0.15, 0.2) is 37.1 Å². The summed E-state index contributed by atoms with van der Waals surface area (Å²) in [5.41, 5.74) is 0.720. The Morgan fingerprint density at radius 3 is 3.00 bits per heavy atom. The smallest absolute Gasteiger partial charge is 0.248 e. The maximum atomic E-state index is 11.1. The molecule has 1 heterocycles. The van der Waals surface area contributed by atoms with Crippen LogP contribution in [0.1, 0.15) is 17.4 Å². The molecular formula is C10H12NO+. The fourth-order valence-corrected chi connectivity index (χ4v) is 1.09. The summed E-state index contributed by atoms with van der Waals surface area (Å²) in [5, 5.41) is 0. The fourth-order valence-electron chi connectivity index (χ4n) is 1.09. The number of hydrogen-bond acceptors (Lipinski definition) is 1. The summed E-state index contributed by atoms with van der Waals surface area (Å²) in [5.74, 6) is 0.0810. The number of pyridine rings is 1. The van der Waals surface area contributed by atoms with Gasteiger partial charge in [0.1, 0.15) is 0 Å². The minimum atomic E-state index is 0.0810. The monoisotopic (exact) mass is 162 g/mol. The van der Waals surface area contributed by atoms with E-state index in [1.54, 1.807) is 13.0 Å². The van der Waals surface area contributed by atoms with Gasteiger partial charge in [-0.2, -0.15) is 4.57 Å². The lowest BCUT2D eigenvalue weighted by atomic mass is 10.2. The zero-order chi connectivity index (χ0) is 8.97. The van der Waals surface area contributed by atoms with Gasteiger partial charge >= 0.3 is 0 Å². The molecule has 0 saturated heterocycles. The van der Waals surface area contributed by atoms with E-state index in [1.165, 1.54) is 0 Å². The molecule has 0 amide bonds. The number of aromatic nitrogens is 1. The van der Waals surface area contributed by atoms with Crippen molar-refractivity contribution in [2.24, 2.45) is 0 Å². The second kappa shape index (κ2) is 3.81. The molecular weight excluding hydrogens is 150 g/mol. The number of carbonyl (C=O) groups is 1. The van der Waals surface area contributed by atoms with Crippen molar-refractivity contribution in [2.75, 3.05) is 0 Å². The Morgan fingerprint density at radius 2 is 2.42 bits per heavy atom. The second-order valence-electron chi connectivity index (χ2n) is 2.58. The zero-order valence-electron chi connectivity index (χ0n) is 7.16. The van der Waals surface area contributed by atoms with Gasteiger partial charge in [0.15, 0.2) is 12.7 Å².